The van der Waals surface area contributed by atoms with Gasteiger partial charge in [-0.2, -0.15) is 5.10 Å². The molecule has 5 rings (SSSR count). The van der Waals surface area contributed by atoms with Crippen LogP contribution in [0.1, 0.15) is 16.8 Å². The maximum atomic E-state index is 6.23. The smallest absolute Gasteiger partial charge is 0.186 e. The molecule has 2 aromatic carbocycles. The highest BCUT2D eigenvalue weighted by molar-refractivity contribution is 6.30. The molecule has 1 saturated heterocycles. The number of aromatic amines is 1. The van der Waals surface area contributed by atoms with Gasteiger partial charge in [-0.1, -0.05) is 48.0 Å². The summed E-state index contributed by atoms with van der Waals surface area (Å²) in [5, 5.41) is 9.41. The first-order chi connectivity index (χ1) is 14.7. The molecule has 1 N–H and O–H groups in total. The van der Waals surface area contributed by atoms with Crippen LogP contribution in [0, 0.1) is 6.92 Å². The Morgan fingerprint density at radius 1 is 0.967 bits per heavy atom. The standard InChI is InChI=1S/C23H23ClN6/c1-16-7-8-18(24)14-20(16)29-9-11-30(12-10-29)23-21-19(13-17-5-3-2-4-6-17)27-28-22(21)25-15-26-23/h2-8,14-15H,9-13H2,1H3,(H,25,26,27,28). The van der Waals surface area contributed by atoms with Crippen LogP contribution >= 0.6 is 11.6 Å². The Bertz CT molecular complexity index is 1170. The molecule has 0 bridgehead atoms. The van der Waals surface area contributed by atoms with Gasteiger partial charge in [0.05, 0.1) is 11.1 Å². The summed E-state index contributed by atoms with van der Waals surface area (Å²) in [5.41, 5.74) is 5.47. The summed E-state index contributed by atoms with van der Waals surface area (Å²) in [6.45, 7) is 5.73. The van der Waals surface area contributed by atoms with Crippen LogP contribution in [0.3, 0.4) is 0 Å². The van der Waals surface area contributed by atoms with Crippen molar-refractivity contribution in [2.75, 3.05) is 36.0 Å². The molecule has 0 saturated carbocycles. The van der Waals surface area contributed by atoms with Gasteiger partial charge in [0.2, 0.25) is 0 Å². The largest absolute Gasteiger partial charge is 0.368 e. The fraction of sp³-hybridized carbons (Fsp3) is 0.261. The first-order valence-electron chi connectivity index (χ1n) is 10.2. The number of benzene rings is 2. The highest BCUT2D eigenvalue weighted by atomic mass is 35.5. The minimum Gasteiger partial charge on any atom is -0.368 e. The maximum absolute atomic E-state index is 6.23. The number of H-pyrrole nitrogens is 1. The van der Waals surface area contributed by atoms with E-state index >= 15 is 0 Å². The number of nitrogens with zero attached hydrogens (tertiary/aromatic N) is 5. The van der Waals surface area contributed by atoms with Gasteiger partial charge in [0, 0.05) is 43.3 Å². The Hall–Kier alpha value is -3.12. The number of hydrogen-bond acceptors (Lipinski definition) is 5. The summed E-state index contributed by atoms with van der Waals surface area (Å²) in [4.78, 5) is 13.8. The third-order valence-corrected chi connectivity index (χ3v) is 5.96. The lowest BCUT2D eigenvalue weighted by atomic mass is 10.1. The quantitative estimate of drug-likeness (QED) is 0.537. The molecule has 1 aliphatic rings. The summed E-state index contributed by atoms with van der Waals surface area (Å²) >= 11 is 6.23. The fourth-order valence-corrected chi connectivity index (χ4v) is 4.31. The van der Waals surface area contributed by atoms with E-state index in [2.05, 4.69) is 73.3 Å². The lowest BCUT2D eigenvalue weighted by molar-refractivity contribution is 0.647. The maximum Gasteiger partial charge on any atom is 0.186 e. The molecular formula is C23H23ClN6. The Labute approximate surface area is 180 Å². The van der Waals surface area contributed by atoms with E-state index in [4.69, 9.17) is 11.6 Å². The van der Waals surface area contributed by atoms with E-state index in [-0.39, 0.29) is 0 Å². The number of fused-ring (bicyclic) bond motifs is 1. The Morgan fingerprint density at radius 3 is 2.53 bits per heavy atom. The average Bonchev–Trinajstić information content (AvgIpc) is 3.19. The predicted octanol–water partition coefficient (Wildman–Crippen LogP) is 4.23. The third kappa shape index (κ3) is 3.59. The summed E-state index contributed by atoms with van der Waals surface area (Å²) < 4.78 is 0. The number of nitrogens with one attached hydrogen (secondary N) is 1. The van der Waals surface area contributed by atoms with Crippen molar-refractivity contribution in [3.8, 4) is 0 Å². The van der Waals surface area contributed by atoms with Gasteiger partial charge in [0.25, 0.3) is 0 Å². The molecule has 4 aromatic rings. The van der Waals surface area contributed by atoms with Gasteiger partial charge < -0.3 is 9.80 Å². The van der Waals surface area contributed by atoms with Gasteiger partial charge in [-0.25, -0.2) is 9.97 Å². The molecule has 7 heteroatoms. The van der Waals surface area contributed by atoms with Gasteiger partial charge in [-0.3, -0.25) is 5.10 Å². The molecule has 3 heterocycles. The van der Waals surface area contributed by atoms with Crippen molar-refractivity contribution in [2.45, 2.75) is 13.3 Å². The molecule has 1 fully saturated rings. The van der Waals surface area contributed by atoms with E-state index in [9.17, 15) is 0 Å². The first-order valence-corrected chi connectivity index (χ1v) is 10.5. The summed E-state index contributed by atoms with van der Waals surface area (Å²) in [6.07, 6.45) is 2.39. The first kappa shape index (κ1) is 18.9. The molecule has 1 aliphatic heterocycles. The zero-order valence-corrected chi connectivity index (χ0v) is 17.6. The van der Waals surface area contributed by atoms with Gasteiger partial charge in [-0.05, 0) is 30.2 Å². The van der Waals surface area contributed by atoms with Gasteiger partial charge in [0.15, 0.2) is 5.65 Å². The van der Waals surface area contributed by atoms with Gasteiger partial charge in [-0.15, -0.1) is 0 Å². The average molecular weight is 419 g/mol. The fourth-order valence-electron chi connectivity index (χ4n) is 4.15. The lowest BCUT2D eigenvalue weighted by Gasteiger charge is -2.37. The van der Waals surface area contributed by atoms with Crippen molar-refractivity contribution in [2.24, 2.45) is 0 Å². The summed E-state index contributed by atoms with van der Waals surface area (Å²) in [5.74, 6) is 0.960. The predicted molar refractivity (Wildman–Crippen MR) is 122 cm³/mol. The topological polar surface area (TPSA) is 60.9 Å². The van der Waals surface area contributed by atoms with Crippen molar-refractivity contribution >= 4 is 34.1 Å². The van der Waals surface area contributed by atoms with Crippen LogP contribution in [0.2, 0.25) is 5.02 Å². The highest BCUT2D eigenvalue weighted by Crippen LogP contribution is 2.29. The van der Waals surface area contributed by atoms with E-state index in [1.54, 1.807) is 6.33 Å². The van der Waals surface area contributed by atoms with E-state index in [1.165, 1.54) is 16.8 Å². The minimum atomic E-state index is 0.721. The molecule has 2 aromatic heterocycles. The Morgan fingerprint density at radius 2 is 1.73 bits per heavy atom. The van der Waals surface area contributed by atoms with E-state index in [0.717, 1.165) is 60.2 Å². The second-order valence-corrected chi connectivity index (χ2v) is 8.10. The minimum absolute atomic E-state index is 0.721. The molecule has 30 heavy (non-hydrogen) atoms. The van der Waals surface area contributed by atoms with Crippen molar-refractivity contribution in [3.63, 3.8) is 0 Å². The SMILES string of the molecule is Cc1ccc(Cl)cc1N1CCN(c2ncnc3n[nH]c(Cc4ccccc4)c23)CC1. The number of halogens is 1. The number of hydrogen-bond donors (Lipinski definition) is 1. The van der Waals surface area contributed by atoms with Crippen LogP contribution in [-0.2, 0) is 6.42 Å². The molecule has 152 valence electrons. The van der Waals surface area contributed by atoms with Crippen LogP contribution < -0.4 is 9.80 Å². The second-order valence-electron chi connectivity index (χ2n) is 7.67. The van der Waals surface area contributed by atoms with Crippen molar-refractivity contribution in [1.82, 2.24) is 20.2 Å². The number of anilines is 2. The van der Waals surface area contributed by atoms with Crippen LogP contribution in [0.15, 0.2) is 54.9 Å². The monoisotopic (exact) mass is 418 g/mol. The molecule has 6 nitrogen and oxygen atoms in total. The molecule has 0 unspecified atom stereocenters. The van der Waals surface area contributed by atoms with E-state index in [0.29, 0.717) is 0 Å². The lowest BCUT2D eigenvalue weighted by Crippen LogP contribution is -2.47. The van der Waals surface area contributed by atoms with Crippen LogP contribution in [-0.4, -0.2) is 46.3 Å². The molecule has 0 amide bonds. The molecule has 0 spiro atoms. The van der Waals surface area contributed by atoms with E-state index in [1.807, 2.05) is 12.1 Å². The molecule has 0 radical (unpaired) electrons. The summed E-state index contributed by atoms with van der Waals surface area (Å²) in [7, 11) is 0. The molecular weight excluding hydrogens is 396 g/mol. The van der Waals surface area contributed by atoms with Crippen LogP contribution in [0.4, 0.5) is 11.5 Å². The number of aryl methyl sites for hydroxylation is 1. The Balaban J connectivity index is 1.40. The third-order valence-electron chi connectivity index (χ3n) is 5.72. The number of aromatic nitrogens is 4. The normalized spacial score (nSPS) is 14.5. The summed E-state index contributed by atoms with van der Waals surface area (Å²) in [6, 6.07) is 16.5. The second kappa shape index (κ2) is 7.95. The van der Waals surface area contributed by atoms with Crippen molar-refractivity contribution in [3.05, 3.63) is 76.7 Å². The Kier molecular flexibility index (Phi) is 5.01. The van der Waals surface area contributed by atoms with Gasteiger partial charge >= 0.3 is 0 Å². The highest BCUT2D eigenvalue weighted by Gasteiger charge is 2.23. The number of rotatable bonds is 4. The van der Waals surface area contributed by atoms with Crippen molar-refractivity contribution in [1.29, 1.82) is 0 Å². The zero-order chi connectivity index (χ0) is 20.5. The van der Waals surface area contributed by atoms with Crippen molar-refractivity contribution < 1.29 is 0 Å². The van der Waals surface area contributed by atoms with E-state index < -0.39 is 0 Å². The van der Waals surface area contributed by atoms with Crippen LogP contribution in [0.25, 0.3) is 11.0 Å². The van der Waals surface area contributed by atoms with Crippen LogP contribution in [0.5, 0.6) is 0 Å². The molecule has 0 aliphatic carbocycles. The molecule has 0 atom stereocenters. The van der Waals surface area contributed by atoms with Gasteiger partial charge in [0.1, 0.15) is 12.1 Å². The zero-order valence-electron chi connectivity index (χ0n) is 16.8. The number of piperazine rings is 1.